The monoisotopic (exact) mass is 380 g/mol. The Morgan fingerprint density at radius 2 is 1.68 bits per heavy atom. The van der Waals surface area contributed by atoms with Gasteiger partial charge in [0.25, 0.3) is 0 Å². The lowest BCUT2D eigenvalue weighted by molar-refractivity contribution is -0.146. The second-order valence-electron chi connectivity index (χ2n) is 7.21. The van der Waals surface area contributed by atoms with Crippen LogP contribution in [0.2, 0.25) is 0 Å². The van der Waals surface area contributed by atoms with Crippen molar-refractivity contribution in [1.29, 1.82) is 0 Å². The Kier molecular flexibility index (Phi) is 6.31. The average Bonchev–Trinajstić information content (AvgIpc) is 2.73. The van der Waals surface area contributed by atoms with E-state index in [0.29, 0.717) is 26.2 Å². The van der Waals surface area contributed by atoms with Crippen molar-refractivity contribution >= 4 is 17.5 Å². The van der Waals surface area contributed by atoms with Crippen LogP contribution in [0.5, 0.6) is 0 Å². The van der Waals surface area contributed by atoms with Crippen molar-refractivity contribution in [1.82, 2.24) is 10.2 Å². The van der Waals surface area contributed by atoms with Crippen LogP contribution in [0.3, 0.4) is 0 Å². The van der Waals surface area contributed by atoms with E-state index in [4.69, 9.17) is 5.73 Å². The summed E-state index contributed by atoms with van der Waals surface area (Å²) in [5.74, 6) is -1.02. The van der Waals surface area contributed by atoms with E-state index in [0.717, 1.165) is 24.2 Å². The summed E-state index contributed by atoms with van der Waals surface area (Å²) in [6.45, 7) is 7.53. The van der Waals surface area contributed by atoms with Crippen molar-refractivity contribution in [3.05, 3.63) is 64.7 Å². The van der Waals surface area contributed by atoms with Gasteiger partial charge in [0, 0.05) is 45.0 Å². The fourth-order valence-corrected chi connectivity index (χ4v) is 3.50. The third-order valence-electron chi connectivity index (χ3n) is 5.36. The van der Waals surface area contributed by atoms with Gasteiger partial charge in [0.1, 0.15) is 0 Å². The number of piperazine rings is 1. The van der Waals surface area contributed by atoms with Gasteiger partial charge >= 0.3 is 11.8 Å². The Morgan fingerprint density at radius 3 is 2.39 bits per heavy atom. The molecule has 0 aliphatic carbocycles. The maximum Gasteiger partial charge on any atom is 0.312 e. The maximum atomic E-state index is 12.5. The summed E-state index contributed by atoms with van der Waals surface area (Å²) < 4.78 is 0. The zero-order valence-corrected chi connectivity index (χ0v) is 16.6. The molecule has 3 N–H and O–H groups in total. The van der Waals surface area contributed by atoms with Gasteiger partial charge in [-0.3, -0.25) is 9.59 Å². The molecule has 0 bridgehead atoms. The number of nitrogens with one attached hydrogen (secondary N) is 1. The number of hydrogen-bond acceptors (Lipinski definition) is 4. The van der Waals surface area contributed by atoms with E-state index in [2.05, 4.69) is 42.3 Å². The van der Waals surface area contributed by atoms with E-state index in [-0.39, 0.29) is 0 Å². The van der Waals surface area contributed by atoms with E-state index in [9.17, 15) is 9.59 Å². The summed E-state index contributed by atoms with van der Waals surface area (Å²) in [7, 11) is 0. The molecule has 2 aromatic carbocycles. The standard InChI is InChI=1S/C22H28N4O2/c1-16-5-3-8-20(17(16)2)25-9-11-26(12-10-25)22(28)21(27)24-15-19-7-4-6-18(13-19)14-23/h3-8,13H,9-12,14-15,23H2,1-2H3,(H,24,27). The molecule has 1 aliphatic heterocycles. The van der Waals surface area contributed by atoms with Gasteiger partial charge in [-0.25, -0.2) is 0 Å². The first-order valence-corrected chi connectivity index (χ1v) is 9.65. The van der Waals surface area contributed by atoms with Gasteiger partial charge in [-0.15, -0.1) is 0 Å². The Hall–Kier alpha value is -2.86. The maximum absolute atomic E-state index is 12.5. The largest absolute Gasteiger partial charge is 0.368 e. The SMILES string of the molecule is Cc1cccc(N2CCN(C(=O)C(=O)NCc3cccc(CN)c3)CC2)c1C. The minimum Gasteiger partial charge on any atom is -0.368 e. The second-order valence-corrected chi connectivity index (χ2v) is 7.21. The van der Waals surface area contributed by atoms with Crippen LogP contribution >= 0.6 is 0 Å². The topological polar surface area (TPSA) is 78.7 Å². The third-order valence-corrected chi connectivity index (χ3v) is 5.36. The molecule has 0 atom stereocenters. The number of carbonyl (C=O) groups is 2. The zero-order valence-electron chi connectivity index (χ0n) is 16.6. The molecule has 0 saturated carbocycles. The first-order chi connectivity index (χ1) is 13.5. The molecular formula is C22H28N4O2. The molecule has 0 radical (unpaired) electrons. The van der Waals surface area contributed by atoms with Crippen LogP contribution in [-0.4, -0.2) is 42.9 Å². The number of carbonyl (C=O) groups excluding carboxylic acids is 2. The molecule has 1 fully saturated rings. The summed E-state index contributed by atoms with van der Waals surface area (Å²) in [5.41, 5.74) is 11.3. The normalized spacial score (nSPS) is 14.1. The van der Waals surface area contributed by atoms with Gasteiger partial charge < -0.3 is 20.9 Å². The molecule has 0 spiro atoms. The molecule has 1 aliphatic rings. The molecule has 3 rings (SSSR count). The highest BCUT2D eigenvalue weighted by molar-refractivity contribution is 6.35. The lowest BCUT2D eigenvalue weighted by atomic mass is 10.1. The summed E-state index contributed by atoms with van der Waals surface area (Å²) in [6.07, 6.45) is 0. The molecule has 28 heavy (non-hydrogen) atoms. The molecule has 148 valence electrons. The van der Waals surface area contributed by atoms with Gasteiger partial charge in [0.2, 0.25) is 0 Å². The fraction of sp³-hybridized carbons (Fsp3) is 0.364. The highest BCUT2D eigenvalue weighted by Crippen LogP contribution is 2.23. The predicted molar refractivity (Wildman–Crippen MR) is 111 cm³/mol. The third kappa shape index (κ3) is 4.51. The first kappa shape index (κ1) is 19.9. The van der Waals surface area contributed by atoms with Crippen molar-refractivity contribution in [3.8, 4) is 0 Å². The minimum absolute atomic E-state index is 0.320. The quantitative estimate of drug-likeness (QED) is 0.792. The Balaban J connectivity index is 1.53. The number of rotatable bonds is 4. The Labute approximate surface area is 166 Å². The molecule has 1 saturated heterocycles. The zero-order chi connectivity index (χ0) is 20.1. The number of nitrogens with two attached hydrogens (primary N) is 1. The van der Waals surface area contributed by atoms with Crippen molar-refractivity contribution < 1.29 is 9.59 Å². The van der Waals surface area contributed by atoms with E-state index < -0.39 is 11.8 Å². The lowest BCUT2D eigenvalue weighted by Crippen LogP contribution is -2.52. The van der Waals surface area contributed by atoms with Crippen LogP contribution in [0, 0.1) is 13.8 Å². The van der Waals surface area contributed by atoms with Gasteiger partial charge in [0.15, 0.2) is 0 Å². The van der Waals surface area contributed by atoms with Crippen molar-refractivity contribution in [2.45, 2.75) is 26.9 Å². The number of hydrogen-bond donors (Lipinski definition) is 2. The molecular weight excluding hydrogens is 352 g/mol. The van der Waals surface area contributed by atoms with Crippen molar-refractivity contribution in [2.24, 2.45) is 5.73 Å². The summed E-state index contributed by atoms with van der Waals surface area (Å²) in [4.78, 5) is 28.7. The summed E-state index contributed by atoms with van der Waals surface area (Å²) >= 11 is 0. The number of amides is 2. The van der Waals surface area contributed by atoms with Crippen LogP contribution in [-0.2, 0) is 22.7 Å². The van der Waals surface area contributed by atoms with E-state index >= 15 is 0 Å². The van der Waals surface area contributed by atoms with Crippen LogP contribution in [0.4, 0.5) is 5.69 Å². The van der Waals surface area contributed by atoms with Crippen LogP contribution in [0.25, 0.3) is 0 Å². The Bertz CT molecular complexity index is 857. The lowest BCUT2D eigenvalue weighted by Gasteiger charge is -2.36. The highest BCUT2D eigenvalue weighted by atomic mass is 16.2. The van der Waals surface area contributed by atoms with Gasteiger partial charge in [-0.05, 0) is 42.2 Å². The molecule has 6 nitrogen and oxygen atoms in total. The number of benzene rings is 2. The molecule has 0 unspecified atom stereocenters. The average molecular weight is 380 g/mol. The molecule has 2 aromatic rings. The highest BCUT2D eigenvalue weighted by Gasteiger charge is 2.26. The van der Waals surface area contributed by atoms with Gasteiger partial charge in [-0.1, -0.05) is 36.4 Å². The minimum atomic E-state index is -0.557. The summed E-state index contributed by atoms with van der Waals surface area (Å²) in [5, 5.41) is 2.72. The van der Waals surface area contributed by atoms with Crippen LogP contribution < -0.4 is 16.0 Å². The second kappa shape index (κ2) is 8.89. The molecule has 2 amide bonds. The molecule has 6 heteroatoms. The Morgan fingerprint density at radius 1 is 1.00 bits per heavy atom. The summed E-state index contributed by atoms with van der Waals surface area (Å²) in [6, 6.07) is 14.0. The van der Waals surface area contributed by atoms with E-state index in [1.54, 1.807) is 4.90 Å². The number of anilines is 1. The number of aryl methyl sites for hydroxylation is 1. The number of nitrogens with zero attached hydrogens (tertiary/aromatic N) is 2. The predicted octanol–water partition coefficient (Wildman–Crippen LogP) is 1.73. The molecule has 0 aromatic heterocycles. The van der Waals surface area contributed by atoms with Crippen molar-refractivity contribution in [3.63, 3.8) is 0 Å². The fourth-order valence-electron chi connectivity index (χ4n) is 3.50. The first-order valence-electron chi connectivity index (χ1n) is 9.65. The van der Waals surface area contributed by atoms with Crippen molar-refractivity contribution in [2.75, 3.05) is 31.1 Å². The van der Waals surface area contributed by atoms with E-state index in [1.807, 2.05) is 24.3 Å². The van der Waals surface area contributed by atoms with E-state index in [1.165, 1.54) is 16.8 Å². The molecule has 1 heterocycles. The van der Waals surface area contributed by atoms with Gasteiger partial charge in [-0.2, -0.15) is 0 Å². The van der Waals surface area contributed by atoms with Gasteiger partial charge in [0.05, 0.1) is 0 Å². The smallest absolute Gasteiger partial charge is 0.312 e. The van der Waals surface area contributed by atoms with Crippen LogP contribution in [0.15, 0.2) is 42.5 Å². The van der Waals surface area contributed by atoms with Crippen LogP contribution in [0.1, 0.15) is 22.3 Å².